The fourth-order valence-electron chi connectivity index (χ4n) is 2.24. The summed E-state index contributed by atoms with van der Waals surface area (Å²) >= 11 is 0. The van der Waals surface area contributed by atoms with Gasteiger partial charge in [-0.25, -0.2) is 0 Å². The SMILES string of the molecule is C/C(C=N)=C(/NC1CCC(C)(C)CC1)C(F)(F)F. The lowest BCUT2D eigenvalue weighted by molar-refractivity contribution is -0.0988. The summed E-state index contributed by atoms with van der Waals surface area (Å²) < 4.78 is 38.5. The van der Waals surface area contributed by atoms with Gasteiger partial charge in [0.25, 0.3) is 0 Å². The molecule has 2 N–H and O–H groups in total. The Morgan fingerprint density at radius 1 is 1.28 bits per heavy atom. The standard InChI is InChI=1S/C13H21F3N2/c1-9(8-17)11(13(14,15)16)18-10-4-6-12(2,3)7-5-10/h8,10,17-18H,4-7H2,1-3H3/b11-9-,17-8?. The average molecular weight is 262 g/mol. The molecule has 0 aliphatic heterocycles. The van der Waals surface area contributed by atoms with Crippen LogP contribution in [0.2, 0.25) is 0 Å². The summed E-state index contributed by atoms with van der Waals surface area (Å²) in [4.78, 5) is 0. The van der Waals surface area contributed by atoms with Gasteiger partial charge in [-0.05, 0) is 43.6 Å². The van der Waals surface area contributed by atoms with Crippen LogP contribution in [-0.2, 0) is 0 Å². The summed E-state index contributed by atoms with van der Waals surface area (Å²) in [6, 6.07) is -0.135. The maximum absolute atomic E-state index is 12.8. The Bertz CT molecular complexity index is 333. The Kier molecular flexibility index (Phi) is 4.46. The smallest absolute Gasteiger partial charge is 0.378 e. The molecule has 104 valence electrons. The van der Waals surface area contributed by atoms with E-state index in [1.165, 1.54) is 6.92 Å². The molecule has 0 bridgehead atoms. The summed E-state index contributed by atoms with van der Waals surface area (Å²) in [5.41, 5.74) is -0.591. The van der Waals surface area contributed by atoms with Crippen molar-refractivity contribution in [3.05, 3.63) is 11.3 Å². The van der Waals surface area contributed by atoms with Gasteiger partial charge in [-0.2, -0.15) is 13.2 Å². The van der Waals surface area contributed by atoms with Crippen molar-refractivity contribution in [2.24, 2.45) is 5.41 Å². The van der Waals surface area contributed by atoms with Crippen LogP contribution in [-0.4, -0.2) is 18.4 Å². The Balaban J connectivity index is 2.73. The molecule has 5 heteroatoms. The first-order valence-electron chi connectivity index (χ1n) is 6.21. The highest BCUT2D eigenvalue weighted by atomic mass is 19.4. The van der Waals surface area contributed by atoms with E-state index in [1.807, 2.05) is 0 Å². The summed E-state index contributed by atoms with van der Waals surface area (Å²) in [6.45, 7) is 5.61. The average Bonchev–Trinajstić information content (AvgIpc) is 2.25. The quantitative estimate of drug-likeness (QED) is 0.740. The van der Waals surface area contributed by atoms with Crippen molar-refractivity contribution in [2.75, 3.05) is 0 Å². The fraction of sp³-hybridized carbons (Fsp3) is 0.769. The largest absolute Gasteiger partial charge is 0.431 e. The minimum atomic E-state index is -4.41. The predicted molar refractivity (Wildman–Crippen MR) is 66.7 cm³/mol. The summed E-state index contributed by atoms with van der Waals surface area (Å²) in [5, 5.41) is 9.56. The second-order valence-corrected chi connectivity index (χ2v) is 5.78. The maximum Gasteiger partial charge on any atom is 0.431 e. The zero-order chi connectivity index (χ0) is 14.0. The lowest BCUT2D eigenvalue weighted by Crippen LogP contribution is -2.39. The van der Waals surface area contributed by atoms with Gasteiger partial charge in [-0.3, -0.25) is 0 Å². The first-order chi connectivity index (χ1) is 8.15. The summed E-state index contributed by atoms with van der Waals surface area (Å²) in [6.07, 6.45) is -0.300. The minimum absolute atomic E-state index is 0.0627. The van der Waals surface area contributed by atoms with E-state index in [0.717, 1.165) is 31.9 Å². The van der Waals surface area contributed by atoms with Crippen LogP contribution in [0.1, 0.15) is 46.5 Å². The highest BCUT2D eigenvalue weighted by Gasteiger charge is 2.37. The van der Waals surface area contributed by atoms with E-state index in [4.69, 9.17) is 5.41 Å². The number of hydrogen-bond acceptors (Lipinski definition) is 2. The molecule has 0 spiro atoms. The molecule has 0 unspecified atom stereocenters. The highest BCUT2D eigenvalue weighted by molar-refractivity contribution is 5.76. The van der Waals surface area contributed by atoms with Crippen LogP contribution in [0.25, 0.3) is 0 Å². The summed E-state index contributed by atoms with van der Waals surface area (Å²) in [7, 11) is 0. The van der Waals surface area contributed by atoms with Crippen LogP contribution in [0.15, 0.2) is 11.3 Å². The normalized spacial score (nSPS) is 22.3. The molecule has 0 radical (unpaired) electrons. The van der Waals surface area contributed by atoms with Crippen molar-refractivity contribution in [3.63, 3.8) is 0 Å². The first-order valence-corrected chi connectivity index (χ1v) is 6.21. The van der Waals surface area contributed by atoms with Crippen molar-refractivity contribution in [2.45, 2.75) is 58.7 Å². The van der Waals surface area contributed by atoms with Crippen LogP contribution in [0.3, 0.4) is 0 Å². The number of rotatable bonds is 3. The number of allylic oxidation sites excluding steroid dienone is 2. The third-order valence-corrected chi connectivity index (χ3v) is 3.58. The van der Waals surface area contributed by atoms with Crippen LogP contribution >= 0.6 is 0 Å². The second kappa shape index (κ2) is 5.33. The van der Waals surface area contributed by atoms with E-state index < -0.39 is 11.9 Å². The Labute approximate surface area is 106 Å². The van der Waals surface area contributed by atoms with Gasteiger partial charge in [0.15, 0.2) is 0 Å². The molecule has 0 aromatic rings. The lowest BCUT2D eigenvalue weighted by Gasteiger charge is -2.35. The predicted octanol–water partition coefficient (Wildman–Crippen LogP) is 4.03. The van der Waals surface area contributed by atoms with E-state index in [2.05, 4.69) is 19.2 Å². The number of halogens is 3. The molecule has 1 fully saturated rings. The fourth-order valence-corrected chi connectivity index (χ4v) is 2.24. The Hall–Kier alpha value is -1.00. The monoisotopic (exact) mass is 262 g/mol. The molecule has 1 rings (SSSR count). The van der Waals surface area contributed by atoms with Gasteiger partial charge in [-0.15, -0.1) is 0 Å². The molecule has 0 amide bonds. The van der Waals surface area contributed by atoms with Gasteiger partial charge < -0.3 is 10.7 Å². The van der Waals surface area contributed by atoms with E-state index >= 15 is 0 Å². The van der Waals surface area contributed by atoms with Crippen LogP contribution in [0, 0.1) is 10.8 Å². The van der Waals surface area contributed by atoms with Gasteiger partial charge >= 0.3 is 6.18 Å². The van der Waals surface area contributed by atoms with Crippen molar-refractivity contribution in [1.29, 1.82) is 5.41 Å². The third-order valence-electron chi connectivity index (χ3n) is 3.58. The molecule has 1 aliphatic rings. The molecular formula is C13H21F3N2. The van der Waals surface area contributed by atoms with E-state index in [9.17, 15) is 13.2 Å². The molecule has 0 aromatic heterocycles. The number of hydrogen-bond donors (Lipinski definition) is 2. The topological polar surface area (TPSA) is 35.9 Å². The molecule has 0 saturated heterocycles. The zero-order valence-corrected chi connectivity index (χ0v) is 11.1. The molecule has 18 heavy (non-hydrogen) atoms. The van der Waals surface area contributed by atoms with Gasteiger partial charge in [0.1, 0.15) is 5.70 Å². The maximum atomic E-state index is 12.8. The minimum Gasteiger partial charge on any atom is -0.378 e. The van der Waals surface area contributed by atoms with Gasteiger partial charge in [0.2, 0.25) is 0 Å². The molecule has 0 atom stereocenters. The molecule has 1 aliphatic carbocycles. The van der Waals surface area contributed by atoms with Crippen molar-refractivity contribution in [3.8, 4) is 0 Å². The van der Waals surface area contributed by atoms with Crippen LogP contribution in [0.5, 0.6) is 0 Å². The molecular weight excluding hydrogens is 241 g/mol. The number of nitrogens with one attached hydrogen (secondary N) is 2. The molecule has 1 saturated carbocycles. The molecule has 0 aromatic carbocycles. The van der Waals surface area contributed by atoms with Crippen LogP contribution < -0.4 is 5.32 Å². The van der Waals surface area contributed by atoms with Crippen molar-refractivity contribution in [1.82, 2.24) is 5.32 Å². The van der Waals surface area contributed by atoms with E-state index in [1.54, 1.807) is 0 Å². The van der Waals surface area contributed by atoms with Gasteiger partial charge in [0, 0.05) is 12.3 Å². The van der Waals surface area contributed by atoms with Gasteiger partial charge in [-0.1, -0.05) is 13.8 Å². The molecule has 0 heterocycles. The van der Waals surface area contributed by atoms with E-state index in [-0.39, 0.29) is 17.0 Å². The lowest BCUT2D eigenvalue weighted by atomic mass is 9.75. The summed E-state index contributed by atoms with van der Waals surface area (Å²) in [5.74, 6) is 0. The zero-order valence-electron chi connectivity index (χ0n) is 11.1. The number of alkyl halides is 3. The Morgan fingerprint density at radius 3 is 2.17 bits per heavy atom. The van der Waals surface area contributed by atoms with Crippen molar-refractivity contribution < 1.29 is 13.2 Å². The van der Waals surface area contributed by atoms with Crippen LogP contribution in [0.4, 0.5) is 13.2 Å². The Morgan fingerprint density at radius 2 is 1.78 bits per heavy atom. The molecule has 2 nitrogen and oxygen atoms in total. The first kappa shape index (κ1) is 15.1. The van der Waals surface area contributed by atoms with Gasteiger partial charge in [0.05, 0.1) is 0 Å². The van der Waals surface area contributed by atoms with Crippen molar-refractivity contribution >= 4 is 6.21 Å². The highest BCUT2D eigenvalue weighted by Crippen LogP contribution is 2.36. The second-order valence-electron chi connectivity index (χ2n) is 5.78. The van der Waals surface area contributed by atoms with E-state index in [0.29, 0.717) is 0 Å². The third kappa shape index (κ3) is 4.03.